The number of nitrogens with one attached hydrogen (secondary N) is 1. The average molecular weight is 443 g/mol. The van der Waals surface area contributed by atoms with Crippen molar-refractivity contribution in [2.75, 3.05) is 13.1 Å². The van der Waals surface area contributed by atoms with Crippen molar-refractivity contribution in [1.29, 1.82) is 0 Å². The largest absolute Gasteiger partial charge is 0.487 e. The van der Waals surface area contributed by atoms with Gasteiger partial charge in [0.05, 0.1) is 16.9 Å². The number of rotatable bonds is 4. The molecule has 2 aliphatic rings. The summed E-state index contributed by atoms with van der Waals surface area (Å²) < 4.78 is 33.6. The van der Waals surface area contributed by atoms with Gasteiger partial charge in [-0.05, 0) is 57.4 Å². The maximum atomic E-state index is 13.2. The van der Waals surface area contributed by atoms with E-state index in [2.05, 4.69) is 5.32 Å². The number of sulfonamides is 1. The highest BCUT2D eigenvalue weighted by Gasteiger charge is 2.38. The van der Waals surface area contributed by atoms with E-state index >= 15 is 0 Å². The van der Waals surface area contributed by atoms with Crippen molar-refractivity contribution >= 4 is 15.9 Å². The summed E-state index contributed by atoms with van der Waals surface area (Å²) in [5, 5.41) is 3.19. The zero-order valence-electron chi connectivity index (χ0n) is 18.3. The SMILES string of the molecule is Cc1ccc2c(c1)OC(C)(C)CC2NC(=O)C1CCCN(S(=O)(=O)c2ccccc2)C1. The fourth-order valence-corrected chi connectivity index (χ4v) is 6.04. The van der Waals surface area contributed by atoms with Gasteiger partial charge in [-0.2, -0.15) is 4.31 Å². The van der Waals surface area contributed by atoms with Crippen LogP contribution in [-0.2, 0) is 14.8 Å². The van der Waals surface area contributed by atoms with Crippen molar-refractivity contribution in [2.45, 2.75) is 56.6 Å². The lowest BCUT2D eigenvalue weighted by atomic mass is 9.88. The summed E-state index contributed by atoms with van der Waals surface area (Å²) in [4.78, 5) is 13.5. The Labute approximate surface area is 184 Å². The van der Waals surface area contributed by atoms with Gasteiger partial charge in [0.15, 0.2) is 0 Å². The second-order valence-electron chi connectivity index (χ2n) is 9.18. The summed E-state index contributed by atoms with van der Waals surface area (Å²) in [6, 6.07) is 14.3. The van der Waals surface area contributed by atoms with Crippen LogP contribution in [0.1, 0.15) is 50.3 Å². The van der Waals surface area contributed by atoms with Gasteiger partial charge in [-0.3, -0.25) is 4.79 Å². The van der Waals surface area contributed by atoms with Gasteiger partial charge in [-0.1, -0.05) is 30.3 Å². The standard InChI is InChI=1S/C24H30N2O4S/c1-17-11-12-20-21(15-24(2,3)30-22(20)14-17)25-23(27)18-8-7-13-26(16-18)31(28,29)19-9-5-4-6-10-19/h4-6,9-12,14,18,21H,7-8,13,15-16H2,1-3H3,(H,25,27). The lowest BCUT2D eigenvalue weighted by molar-refractivity contribution is -0.127. The van der Waals surface area contributed by atoms with E-state index in [0.29, 0.717) is 25.8 Å². The van der Waals surface area contributed by atoms with E-state index < -0.39 is 15.6 Å². The van der Waals surface area contributed by atoms with E-state index in [1.807, 2.05) is 39.0 Å². The number of ether oxygens (including phenoxy) is 1. The average Bonchev–Trinajstić information content (AvgIpc) is 2.73. The number of amides is 1. The first kappa shape index (κ1) is 21.8. The van der Waals surface area contributed by atoms with Gasteiger partial charge < -0.3 is 10.1 Å². The molecule has 0 bridgehead atoms. The van der Waals surface area contributed by atoms with Crippen LogP contribution in [0.15, 0.2) is 53.4 Å². The molecule has 2 unspecified atom stereocenters. The van der Waals surface area contributed by atoms with Crippen LogP contribution in [0, 0.1) is 12.8 Å². The summed E-state index contributed by atoms with van der Waals surface area (Å²) in [6.07, 6.45) is 2.01. The Morgan fingerprint density at radius 2 is 1.90 bits per heavy atom. The van der Waals surface area contributed by atoms with Crippen molar-refractivity contribution < 1.29 is 17.9 Å². The molecule has 2 aliphatic heterocycles. The highest BCUT2D eigenvalue weighted by molar-refractivity contribution is 7.89. The second-order valence-corrected chi connectivity index (χ2v) is 11.1. The topological polar surface area (TPSA) is 75.7 Å². The van der Waals surface area contributed by atoms with Crippen LogP contribution < -0.4 is 10.1 Å². The third kappa shape index (κ3) is 4.62. The van der Waals surface area contributed by atoms with Crippen molar-refractivity contribution in [3.05, 3.63) is 59.7 Å². The number of nitrogens with zero attached hydrogens (tertiary/aromatic N) is 1. The minimum atomic E-state index is -3.60. The molecule has 4 rings (SSSR count). The molecule has 0 radical (unpaired) electrons. The number of carbonyl (C=O) groups is 1. The van der Waals surface area contributed by atoms with Crippen LogP contribution >= 0.6 is 0 Å². The molecule has 31 heavy (non-hydrogen) atoms. The third-order valence-corrected chi connectivity index (χ3v) is 7.96. The lowest BCUT2D eigenvalue weighted by Crippen LogP contribution is -2.48. The Morgan fingerprint density at radius 3 is 2.65 bits per heavy atom. The molecule has 2 aromatic rings. The predicted molar refractivity (Wildman–Crippen MR) is 119 cm³/mol. The molecule has 7 heteroatoms. The van der Waals surface area contributed by atoms with E-state index in [9.17, 15) is 13.2 Å². The molecular formula is C24H30N2O4S. The van der Waals surface area contributed by atoms with Crippen molar-refractivity contribution in [3.8, 4) is 5.75 Å². The molecule has 166 valence electrons. The molecule has 0 aromatic heterocycles. The number of hydrogen-bond donors (Lipinski definition) is 1. The Morgan fingerprint density at radius 1 is 1.16 bits per heavy atom. The summed E-state index contributed by atoms with van der Waals surface area (Å²) in [5.41, 5.74) is 1.69. The molecule has 2 aromatic carbocycles. The van der Waals surface area contributed by atoms with Crippen LogP contribution in [0.4, 0.5) is 0 Å². The van der Waals surface area contributed by atoms with Gasteiger partial charge in [-0.15, -0.1) is 0 Å². The van der Waals surface area contributed by atoms with Crippen LogP contribution in [0.5, 0.6) is 5.75 Å². The summed E-state index contributed by atoms with van der Waals surface area (Å²) >= 11 is 0. The van der Waals surface area contributed by atoms with Crippen molar-refractivity contribution in [1.82, 2.24) is 9.62 Å². The van der Waals surface area contributed by atoms with Crippen LogP contribution in [-0.4, -0.2) is 37.3 Å². The summed E-state index contributed by atoms with van der Waals surface area (Å²) in [7, 11) is -3.60. The molecule has 1 fully saturated rings. The van der Waals surface area contributed by atoms with Gasteiger partial charge in [-0.25, -0.2) is 8.42 Å². The highest BCUT2D eigenvalue weighted by atomic mass is 32.2. The number of aryl methyl sites for hydroxylation is 1. The molecule has 2 atom stereocenters. The van der Waals surface area contributed by atoms with E-state index in [1.54, 1.807) is 30.3 Å². The molecule has 0 aliphatic carbocycles. The third-order valence-electron chi connectivity index (χ3n) is 6.08. The van der Waals surface area contributed by atoms with Crippen LogP contribution in [0.25, 0.3) is 0 Å². The normalized spacial score (nSPS) is 23.5. The first-order valence-corrected chi connectivity index (χ1v) is 12.2. The first-order chi connectivity index (χ1) is 14.7. The molecule has 6 nitrogen and oxygen atoms in total. The smallest absolute Gasteiger partial charge is 0.243 e. The van der Waals surface area contributed by atoms with E-state index in [0.717, 1.165) is 16.9 Å². The molecule has 2 heterocycles. The zero-order valence-corrected chi connectivity index (χ0v) is 19.1. The minimum absolute atomic E-state index is 0.0952. The Kier molecular flexibility index (Phi) is 5.83. The molecular weight excluding hydrogens is 412 g/mol. The monoisotopic (exact) mass is 442 g/mol. The van der Waals surface area contributed by atoms with Gasteiger partial charge in [0.1, 0.15) is 11.4 Å². The van der Waals surface area contributed by atoms with E-state index in [1.165, 1.54) is 4.31 Å². The van der Waals surface area contributed by atoms with Gasteiger partial charge in [0.25, 0.3) is 0 Å². The zero-order chi connectivity index (χ0) is 22.2. The number of benzene rings is 2. The minimum Gasteiger partial charge on any atom is -0.487 e. The number of carbonyl (C=O) groups excluding carboxylic acids is 1. The molecule has 1 N–H and O–H groups in total. The van der Waals surface area contributed by atoms with Crippen LogP contribution in [0.2, 0.25) is 0 Å². The summed E-state index contributed by atoms with van der Waals surface area (Å²) in [6.45, 7) is 6.70. The Balaban J connectivity index is 1.50. The second kappa shape index (κ2) is 8.28. The molecule has 0 spiro atoms. The van der Waals surface area contributed by atoms with Gasteiger partial charge in [0, 0.05) is 25.1 Å². The highest BCUT2D eigenvalue weighted by Crippen LogP contribution is 2.40. The molecule has 1 amide bonds. The number of piperidine rings is 1. The van der Waals surface area contributed by atoms with E-state index in [4.69, 9.17) is 4.74 Å². The molecule has 0 saturated carbocycles. The van der Waals surface area contributed by atoms with Crippen molar-refractivity contribution in [3.63, 3.8) is 0 Å². The number of fused-ring (bicyclic) bond motifs is 1. The molecule has 1 saturated heterocycles. The maximum absolute atomic E-state index is 13.2. The van der Waals surface area contributed by atoms with Crippen LogP contribution in [0.3, 0.4) is 0 Å². The Bertz CT molecular complexity index is 1070. The fourth-order valence-electron chi connectivity index (χ4n) is 4.49. The van der Waals surface area contributed by atoms with Crippen molar-refractivity contribution in [2.24, 2.45) is 5.92 Å². The van der Waals surface area contributed by atoms with E-state index in [-0.39, 0.29) is 29.3 Å². The fraction of sp³-hybridized carbons (Fsp3) is 0.458. The van der Waals surface area contributed by atoms with Gasteiger partial charge >= 0.3 is 0 Å². The van der Waals surface area contributed by atoms with Gasteiger partial charge in [0.2, 0.25) is 15.9 Å². The maximum Gasteiger partial charge on any atom is 0.243 e. The first-order valence-electron chi connectivity index (χ1n) is 10.8. The summed E-state index contributed by atoms with van der Waals surface area (Å²) in [5.74, 6) is 0.341. The predicted octanol–water partition coefficient (Wildman–Crippen LogP) is 3.81. The number of hydrogen-bond acceptors (Lipinski definition) is 4. The lowest BCUT2D eigenvalue weighted by Gasteiger charge is -2.39. The Hall–Kier alpha value is -2.38. The quantitative estimate of drug-likeness (QED) is 0.781.